The number of thiol groups is 1. The summed E-state index contributed by atoms with van der Waals surface area (Å²) in [7, 11) is -1.72. The monoisotopic (exact) mass is 334 g/mol. The van der Waals surface area contributed by atoms with Gasteiger partial charge in [-0.25, -0.2) is 4.57 Å². The fourth-order valence-corrected chi connectivity index (χ4v) is 2.74. The molecule has 0 amide bonds. The Hall–Kier alpha value is -0.560. The van der Waals surface area contributed by atoms with Crippen molar-refractivity contribution in [1.82, 2.24) is 5.32 Å². The molecule has 0 aliphatic carbocycles. The van der Waals surface area contributed by atoms with Gasteiger partial charge in [-0.2, -0.15) is 12.6 Å². The summed E-state index contributed by atoms with van der Waals surface area (Å²) in [6.45, 7) is 0.233. The first kappa shape index (κ1) is 18.5. The van der Waals surface area contributed by atoms with Crippen LogP contribution in [-0.4, -0.2) is 37.0 Å². The summed E-state index contributed by atoms with van der Waals surface area (Å²) < 4.78 is 22.6. The van der Waals surface area contributed by atoms with Gasteiger partial charge in [-0.3, -0.25) is 4.52 Å². The third-order valence-corrected chi connectivity index (χ3v) is 4.49. The molecule has 0 aromatic heterocycles. The van der Waals surface area contributed by atoms with Gasteiger partial charge in [0.05, 0.1) is 12.8 Å². The number of nitrogens with one attached hydrogen (secondary N) is 1. The Bertz CT molecular complexity index is 458. The highest BCUT2D eigenvalue weighted by Gasteiger charge is 2.24. The maximum atomic E-state index is 12.2. The summed E-state index contributed by atoms with van der Waals surface area (Å²) in [5, 5.41) is 12.1. The maximum Gasteiger partial charge on any atom is 0.404 e. The van der Waals surface area contributed by atoms with Crippen LogP contribution >= 0.6 is 20.2 Å². The Morgan fingerprint density at radius 1 is 1.43 bits per heavy atom. The molecule has 0 aliphatic heterocycles. The summed E-state index contributed by atoms with van der Waals surface area (Å²) >= 11 is 4.04. The van der Waals surface area contributed by atoms with Crippen LogP contribution < -0.4 is 15.6 Å². The molecule has 2 atom stereocenters. The fraction of sp³-hybridized carbons (Fsp3) is 0.538. The second kappa shape index (κ2) is 9.46. The molecule has 0 saturated heterocycles. The fourth-order valence-electron chi connectivity index (χ4n) is 1.57. The van der Waals surface area contributed by atoms with E-state index in [-0.39, 0.29) is 12.8 Å². The van der Waals surface area contributed by atoms with Gasteiger partial charge in [0.1, 0.15) is 5.75 Å². The van der Waals surface area contributed by atoms with E-state index in [0.29, 0.717) is 24.3 Å². The first-order valence-electron chi connectivity index (χ1n) is 6.69. The highest BCUT2D eigenvalue weighted by atomic mass is 32.1. The number of hydrogen-bond acceptors (Lipinski definition) is 7. The zero-order chi connectivity index (χ0) is 15.7. The molecule has 1 rings (SSSR count). The number of nitrogens with two attached hydrogens (primary N) is 1. The highest BCUT2D eigenvalue weighted by Crippen LogP contribution is 2.47. The van der Waals surface area contributed by atoms with E-state index in [4.69, 9.17) is 14.8 Å². The van der Waals surface area contributed by atoms with Crippen molar-refractivity contribution in [3.8, 4) is 5.75 Å². The minimum atomic E-state index is -3.52. The van der Waals surface area contributed by atoms with E-state index in [9.17, 15) is 9.67 Å². The van der Waals surface area contributed by atoms with Crippen LogP contribution in [0.1, 0.15) is 12.0 Å². The van der Waals surface area contributed by atoms with E-state index < -0.39 is 13.9 Å². The van der Waals surface area contributed by atoms with E-state index in [1.165, 1.54) is 0 Å². The Labute approximate surface area is 131 Å². The predicted molar refractivity (Wildman–Crippen MR) is 86.9 cm³/mol. The topological polar surface area (TPSA) is 93.8 Å². The molecule has 4 N–H and O–H groups in total. The first-order valence-corrected chi connectivity index (χ1v) is 9.05. The Morgan fingerprint density at radius 3 is 2.62 bits per heavy atom. The van der Waals surface area contributed by atoms with Crippen LogP contribution in [0.25, 0.3) is 0 Å². The third kappa shape index (κ3) is 6.82. The SMILES string of the molecule is CNC(N)Cc1ccc(OP(=O)(CO)OCCCS)cc1. The van der Waals surface area contributed by atoms with Crippen LogP contribution in [0.3, 0.4) is 0 Å². The number of benzene rings is 1. The molecular weight excluding hydrogens is 311 g/mol. The highest BCUT2D eigenvalue weighted by molar-refractivity contribution is 7.80. The smallest absolute Gasteiger partial charge is 0.404 e. The summed E-state index contributed by atoms with van der Waals surface area (Å²) in [4.78, 5) is 0. The van der Waals surface area contributed by atoms with Crippen LogP contribution in [0.4, 0.5) is 0 Å². The number of hydrogen-bond donors (Lipinski definition) is 4. The van der Waals surface area contributed by atoms with Crippen LogP contribution in [-0.2, 0) is 15.5 Å². The average Bonchev–Trinajstić information content (AvgIpc) is 2.49. The zero-order valence-corrected chi connectivity index (χ0v) is 13.9. The molecule has 0 saturated carbocycles. The summed E-state index contributed by atoms with van der Waals surface area (Å²) in [5.41, 5.74) is 6.82. The van der Waals surface area contributed by atoms with Crippen molar-refractivity contribution >= 4 is 20.2 Å². The second-order valence-electron chi connectivity index (χ2n) is 4.50. The van der Waals surface area contributed by atoms with Crippen molar-refractivity contribution in [3.63, 3.8) is 0 Å². The zero-order valence-electron chi connectivity index (χ0n) is 12.1. The minimum absolute atomic E-state index is 0.120. The van der Waals surface area contributed by atoms with Gasteiger partial charge in [0.2, 0.25) is 0 Å². The van der Waals surface area contributed by atoms with E-state index >= 15 is 0 Å². The summed E-state index contributed by atoms with van der Waals surface area (Å²) in [5.74, 6) is 1.01. The van der Waals surface area contributed by atoms with Gasteiger partial charge < -0.3 is 20.7 Å². The van der Waals surface area contributed by atoms with Crippen LogP contribution in [0.5, 0.6) is 5.75 Å². The number of rotatable bonds is 10. The molecular formula is C13H23N2O4PS. The van der Waals surface area contributed by atoms with E-state index in [0.717, 1.165) is 5.56 Å². The molecule has 21 heavy (non-hydrogen) atoms. The average molecular weight is 334 g/mol. The molecule has 1 aromatic rings. The summed E-state index contributed by atoms with van der Waals surface area (Å²) in [6.07, 6.45) is 0.528. The van der Waals surface area contributed by atoms with Crippen LogP contribution in [0.15, 0.2) is 24.3 Å². The second-order valence-corrected chi connectivity index (χ2v) is 6.89. The van der Waals surface area contributed by atoms with Crippen molar-refractivity contribution in [2.24, 2.45) is 5.73 Å². The quantitative estimate of drug-likeness (QED) is 0.225. The molecule has 0 spiro atoms. The van der Waals surface area contributed by atoms with Crippen molar-refractivity contribution in [3.05, 3.63) is 29.8 Å². The van der Waals surface area contributed by atoms with Gasteiger partial charge in [0.25, 0.3) is 0 Å². The third-order valence-electron chi connectivity index (χ3n) is 2.76. The standard InChI is InChI=1S/C13H23N2O4PS/c1-15-13(14)9-11-3-5-12(6-4-11)19-20(17,10-16)18-7-2-8-21/h3-6,13,15-16,21H,2,7-10,14H2,1H3. The van der Waals surface area contributed by atoms with Crippen molar-refractivity contribution in [2.75, 3.05) is 25.8 Å². The lowest BCUT2D eigenvalue weighted by Gasteiger charge is -2.17. The van der Waals surface area contributed by atoms with Crippen molar-refractivity contribution in [2.45, 2.75) is 19.0 Å². The molecule has 0 bridgehead atoms. The normalized spacial score (nSPS) is 15.4. The van der Waals surface area contributed by atoms with Gasteiger partial charge in [-0.1, -0.05) is 12.1 Å². The molecule has 2 unspecified atom stereocenters. The van der Waals surface area contributed by atoms with Gasteiger partial charge in [-0.15, -0.1) is 0 Å². The Balaban J connectivity index is 2.62. The van der Waals surface area contributed by atoms with E-state index in [1.807, 2.05) is 12.1 Å². The van der Waals surface area contributed by atoms with Crippen LogP contribution in [0, 0.1) is 0 Å². The lowest BCUT2D eigenvalue weighted by Crippen LogP contribution is -2.36. The van der Waals surface area contributed by atoms with E-state index in [1.54, 1.807) is 19.2 Å². The van der Waals surface area contributed by atoms with Crippen LogP contribution in [0.2, 0.25) is 0 Å². The lowest BCUT2D eigenvalue weighted by atomic mass is 10.1. The molecule has 0 aliphatic rings. The number of aliphatic hydroxyl groups excluding tert-OH is 1. The van der Waals surface area contributed by atoms with Gasteiger partial charge in [-0.05, 0) is 36.9 Å². The number of aliphatic hydroxyl groups is 1. The summed E-state index contributed by atoms with van der Waals surface area (Å²) in [6, 6.07) is 7.04. The molecule has 120 valence electrons. The van der Waals surface area contributed by atoms with Gasteiger partial charge in [0, 0.05) is 6.42 Å². The molecule has 0 radical (unpaired) electrons. The maximum absolute atomic E-state index is 12.2. The molecule has 0 heterocycles. The van der Waals surface area contributed by atoms with Gasteiger partial charge >= 0.3 is 7.60 Å². The largest absolute Gasteiger partial charge is 0.423 e. The van der Waals surface area contributed by atoms with Crippen molar-refractivity contribution in [1.29, 1.82) is 0 Å². The molecule has 6 nitrogen and oxygen atoms in total. The lowest BCUT2D eigenvalue weighted by molar-refractivity contribution is 0.230. The van der Waals surface area contributed by atoms with Gasteiger partial charge in [0.15, 0.2) is 6.35 Å². The molecule has 1 aromatic carbocycles. The van der Waals surface area contributed by atoms with Crippen molar-refractivity contribution < 1.29 is 18.7 Å². The Kier molecular flexibility index (Phi) is 8.33. The molecule has 8 heteroatoms. The first-order chi connectivity index (χ1) is 10.0. The number of likely N-dealkylation sites (N-methyl/N-ethyl adjacent to an activating group) is 1. The minimum Gasteiger partial charge on any atom is -0.423 e. The molecule has 0 fully saturated rings. The van der Waals surface area contributed by atoms with E-state index in [2.05, 4.69) is 17.9 Å². The Morgan fingerprint density at radius 2 is 2.10 bits per heavy atom. The predicted octanol–water partition coefficient (Wildman–Crippen LogP) is 1.59.